The summed E-state index contributed by atoms with van der Waals surface area (Å²) in [4.78, 5) is 18.1. The van der Waals surface area contributed by atoms with Crippen molar-refractivity contribution in [1.82, 2.24) is 8.87 Å². The number of benzene rings is 2. The van der Waals surface area contributed by atoms with Crippen molar-refractivity contribution >= 4 is 60.7 Å². The van der Waals surface area contributed by atoms with E-state index in [0.29, 0.717) is 40.8 Å². The normalized spacial score (nSPS) is 18.0. The molecule has 32 heavy (non-hydrogen) atoms. The lowest BCUT2D eigenvalue weighted by Gasteiger charge is -2.21. The molecule has 11 heteroatoms. The number of ether oxygens (including phenoxy) is 1. The lowest BCUT2D eigenvalue weighted by Crippen LogP contribution is -2.40. The van der Waals surface area contributed by atoms with Crippen molar-refractivity contribution in [3.8, 4) is 0 Å². The van der Waals surface area contributed by atoms with Crippen LogP contribution in [0.1, 0.15) is 12.8 Å². The molecule has 0 spiro atoms. The van der Waals surface area contributed by atoms with Gasteiger partial charge in [0.15, 0.2) is 4.80 Å². The Bertz CT molecular complexity index is 1320. The fourth-order valence-electron chi connectivity index (χ4n) is 3.72. The van der Waals surface area contributed by atoms with E-state index in [9.17, 15) is 13.2 Å². The molecule has 2 aromatic carbocycles. The summed E-state index contributed by atoms with van der Waals surface area (Å²) in [7, 11) is -2.24. The highest BCUT2D eigenvalue weighted by Crippen LogP contribution is 2.28. The van der Waals surface area contributed by atoms with Crippen LogP contribution in [0.3, 0.4) is 0 Å². The molecule has 0 saturated carbocycles. The monoisotopic (exact) mass is 513 g/mol. The van der Waals surface area contributed by atoms with E-state index in [1.807, 2.05) is 16.7 Å². The minimum atomic E-state index is -3.84. The molecule has 170 valence electrons. The SMILES string of the molecule is COCCn1c(=NC(=O)C2CCCN2S(=O)(=O)c2ccc(Cl)cc2)sc2cc(Cl)ccc21. The number of hydrogen-bond donors (Lipinski definition) is 0. The summed E-state index contributed by atoms with van der Waals surface area (Å²) in [6, 6.07) is 10.6. The topological polar surface area (TPSA) is 81.0 Å². The molecule has 1 aliphatic heterocycles. The van der Waals surface area contributed by atoms with Crippen LogP contribution in [0.2, 0.25) is 10.0 Å². The fourth-order valence-corrected chi connectivity index (χ4v) is 6.83. The second kappa shape index (κ2) is 9.62. The van der Waals surface area contributed by atoms with Crippen molar-refractivity contribution < 1.29 is 17.9 Å². The third kappa shape index (κ3) is 4.64. The van der Waals surface area contributed by atoms with Crippen LogP contribution in [-0.4, -0.2) is 49.5 Å². The average Bonchev–Trinajstić information content (AvgIpc) is 3.37. The highest BCUT2D eigenvalue weighted by molar-refractivity contribution is 7.89. The first-order valence-corrected chi connectivity index (χ1v) is 13.0. The summed E-state index contributed by atoms with van der Waals surface area (Å²) >= 11 is 13.3. The molecule has 0 bridgehead atoms. The Hall–Kier alpha value is -1.75. The molecule has 1 aliphatic rings. The Morgan fingerprint density at radius 3 is 2.62 bits per heavy atom. The zero-order chi connectivity index (χ0) is 22.9. The average molecular weight is 514 g/mol. The van der Waals surface area contributed by atoms with Crippen LogP contribution in [0.4, 0.5) is 0 Å². The van der Waals surface area contributed by atoms with Gasteiger partial charge < -0.3 is 9.30 Å². The van der Waals surface area contributed by atoms with Crippen LogP contribution < -0.4 is 4.80 Å². The molecule has 0 N–H and O–H groups in total. The number of sulfonamides is 1. The van der Waals surface area contributed by atoms with Crippen LogP contribution >= 0.6 is 34.5 Å². The number of thiazole rings is 1. The van der Waals surface area contributed by atoms with Crippen molar-refractivity contribution in [2.24, 2.45) is 4.99 Å². The highest BCUT2D eigenvalue weighted by Gasteiger charge is 2.39. The van der Waals surface area contributed by atoms with Gasteiger partial charge in [-0.1, -0.05) is 34.5 Å². The number of nitrogens with zero attached hydrogens (tertiary/aromatic N) is 3. The van der Waals surface area contributed by atoms with Crippen LogP contribution in [0.15, 0.2) is 52.4 Å². The third-order valence-corrected chi connectivity index (χ3v) is 8.73. The molecular weight excluding hydrogens is 493 g/mol. The van der Waals surface area contributed by atoms with E-state index in [4.69, 9.17) is 27.9 Å². The van der Waals surface area contributed by atoms with Crippen LogP contribution in [-0.2, 0) is 26.1 Å². The lowest BCUT2D eigenvalue weighted by molar-refractivity contribution is -0.121. The summed E-state index contributed by atoms with van der Waals surface area (Å²) in [6.45, 7) is 1.21. The number of methoxy groups -OCH3 is 1. The molecule has 3 aromatic rings. The summed E-state index contributed by atoms with van der Waals surface area (Å²) in [5.41, 5.74) is 0.889. The summed E-state index contributed by atoms with van der Waals surface area (Å²) in [6.07, 6.45) is 1.01. The van der Waals surface area contributed by atoms with Gasteiger partial charge in [0.05, 0.1) is 21.7 Å². The molecule has 1 fully saturated rings. The minimum absolute atomic E-state index is 0.105. The minimum Gasteiger partial charge on any atom is -0.383 e. The van der Waals surface area contributed by atoms with E-state index < -0.39 is 22.0 Å². The molecular formula is C21H21Cl2N3O4S2. The number of fused-ring (bicyclic) bond motifs is 1. The lowest BCUT2D eigenvalue weighted by atomic mass is 10.2. The zero-order valence-corrected chi connectivity index (χ0v) is 20.3. The maximum Gasteiger partial charge on any atom is 0.266 e. The Morgan fingerprint density at radius 1 is 1.19 bits per heavy atom. The van der Waals surface area contributed by atoms with Gasteiger partial charge >= 0.3 is 0 Å². The molecule has 4 rings (SSSR count). The summed E-state index contributed by atoms with van der Waals surface area (Å²) in [5.74, 6) is -0.483. The molecule has 2 heterocycles. The molecule has 1 saturated heterocycles. The van der Waals surface area contributed by atoms with E-state index in [2.05, 4.69) is 4.99 Å². The first-order chi connectivity index (χ1) is 15.3. The maximum absolute atomic E-state index is 13.2. The van der Waals surface area contributed by atoms with Crippen molar-refractivity contribution in [3.05, 3.63) is 57.3 Å². The van der Waals surface area contributed by atoms with Crippen LogP contribution in [0.25, 0.3) is 10.2 Å². The first-order valence-electron chi connectivity index (χ1n) is 9.95. The van der Waals surface area contributed by atoms with E-state index in [-0.39, 0.29) is 11.4 Å². The number of amides is 1. The van der Waals surface area contributed by atoms with Gasteiger partial charge in [0.1, 0.15) is 6.04 Å². The van der Waals surface area contributed by atoms with Gasteiger partial charge in [-0.2, -0.15) is 9.30 Å². The van der Waals surface area contributed by atoms with Gasteiger partial charge in [-0.05, 0) is 55.3 Å². The molecule has 7 nitrogen and oxygen atoms in total. The highest BCUT2D eigenvalue weighted by atomic mass is 35.5. The van der Waals surface area contributed by atoms with Gasteiger partial charge in [0.2, 0.25) is 10.0 Å². The predicted molar refractivity (Wildman–Crippen MR) is 126 cm³/mol. The number of hydrogen-bond acceptors (Lipinski definition) is 5. The van der Waals surface area contributed by atoms with E-state index in [0.717, 1.165) is 10.2 Å². The Kier molecular flexibility index (Phi) is 7.04. The van der Waals surface area contributed by atoms with Gasteiger partial charge in [0, 0.05) is 30.2 Å². The number of carbonyl (C=O) groups is 1. The summed E-state index contributed by atoms with van der Waals surface area (Å²) < 4.78 is 35.5. The molecule has 1 atom stereocenters. The number of halogens is 2. The molecule has 1 unspecified atom stereocenters. The van der Waals surface area contributed by atoms with Gasteiger partial charge in [-0.15, -0.1) is 0 Å². The molecule has 1 amide bonds. The van der Waals surface area contributed by atoms with Gasteiger partial charge in [0.25, 0.3) is 5.91 Å². The quantitative estimate of drug-likeness (QED) is 0.499. The summed E-state index contributed by atoms with van der Waals surface area (Å²) in [5, 5.41) is 1.03. The standard InChI is InChI=1S/C21H21Cl2N3O4S2/c1-30-12-11-25-17-9-6-15(23)13-19(17)31-21(25)24-20(27)18-3-2-10-26(18)32(28,29)16-7-4-14(22)5-8-16/h4-9,13,18H,2-3,10-12H2,1H3. The second-order valence-corrected chi connectivity index (χ2v) is 11.1. The molecule has 1 aromatic heterocycles. The Morgan fingerprint density at radius 2 is 1.91 bits per heavy atom. The number of aromatic nitrogens is 1. The van der Waals surface area contributed by atoms with E-state index in [1.54, 1.807) is 13.2 Å². The fraction of sp³-hybridized carbons (Fsp3) is 0.333. The first kappa shape index (κ1) is 23.4. The van der Waals surface area contributed by atoms with Gasteiger partial charge in [-0.25, -0.2) is 8.42 Å². The largest absolute Gasteiger partial charge is 0.383 e. The van der Waals surface area contributed by atoms with Crippen LogP contribution in [0, 0.1) is 0 Å². The van der Waals surface area contributed by atoms with Crippen molar-refractivity contribution in [2.45, 2.75) is 30.3 Å². The Labute approximate surface area is 199 Å². The third-order valence-electron chi connectivity index (χ3n) is 5.28. The van der Waals surface area contributed by atoms with Crippen LogP contribution in [0.5, 0.6) is 0 Å². The molecule has 0 radical (unpaired) electrons. The molecule has 0 aliphatic carbocycles. The van der Waals surface area contributed by atoms with Crippen molar-refractivity contribution in [3.63, 3.8) is 0 Å². The van der Waals surface area contributed by atoms with Crippen molar-refractivity contribution in [1.29, 1.82) is 0 Å². The second-order valence-electron chi connectivity index (χ2n) is 7.32. The van der Waals surface area contributed by atoms with E-state index in [1.165, 1.54) is 39.9 Å². The van der Waals surface area contributed by atoms with Crippen molar-refractivity contribution in [2.75, 3.05) is 20.3 Å². The predicted octanol–water partition coefficient (Wildman–Crippen LogP) is 3.94. The Balaban J connectivity index is 1.71. The maximum atomic E-state index is 13.2. The van der Waals surface area contributed by atoms with E-state index >= 15 is 0 Å². The van der Waals surface area contributed by atoms with Gasteiger partial charge in [-0.3, -0.25) is 4.79 Å². The number of carbonyl (C=O) groups excluding carboxylic acids is 1. The zero-order valence-electron chi connectivity index (χ0n) is 17.2. The number of rotatable bonds is 6. The smallest absolute Gasteiger partial charge is 0.266 e.